The summed E-state index contributed by atoms with van der Waals surface area (Å²) in [5.41, 5.74) is 1.97. The fraction of sp³-hybridized carbons (Fsp3) is 0.400. The van der Waals surface area contributed by atoms with Crippen molar-refractivity contribution in [3.05, 3.63) is 41.7 Å². The van der Waals surface area contributed by atoms with E-state index in [1.165, 1.54) is 0 Å². The summed E-state index contributed by atoms with van der Waals surface area (Å²) in [6.45, 7) is 5.26. The average Bonchev–Trinajstić information content (AvgIpc) is 3.22. The van der Waals surface area contributed by atoms with Crippen LogP contribution < -0.4 is 10.2 Å². The Labute approximate surface area is 172 Å². The Bertz CT molecular complexity index is 913. The summed E-state index contributed by atoms with van der Waals surface area (Å²) in [6.07, 6.45) is -0.123. The predicted octanol–water partition coefficient (Wildman–Crippen LogP) is 2.56. The molecule has 0 fully saturated rings. The molecule has 1 N–H and O–H groups in total. The van der Waals surface area contributed by atoms with Crippen molar-refractivity contribution in [1.82, 2.24) is 5.16 Å². The Kier molecular flexibility index (Phi) is 6.58. The van der Waals surface area contributed by atoms with Crippen LogP contribution >= 0.6 is 11.8 Å². The summed E-state index contributed by atoms with van der Waals surface area (Å²) in [5.74, 6) is -0.154. The van der Waals surface area contributed by atoms with E-state index in [1.807, 2.05) is 31.2 Å². The molecule has 0 spiro atoms. The number of ether oxygens (including phenoxy) is 1. The van der Waals surface area contributed by atoms with Gasteiger partial charge in [0.15, 0.2) is 11.9 Å². The van der Waals surface area contributed by atoms with E-state index in [0.29, 0.717) is 11.6 Å². The van der Waals surface area contributed by atoms with Gasteiger partial charge < -0.3 is 19.5 Å². The summed E-state index contributed by atoms with van der Waals surface area (Å²) in [6, 6.07) is 9.34. The van der Waals surface area contributed by atoms with Gasteiger partial charge in [0.05, 0.1) is 11.5 Å². The molecule has 2 amide bonds. The molecule has 3 rings (SSSR count). The minimum Gasteiger partial charge on any atom is -0.452 e. The normalized spacial score (nSPS) is 16.2. The number of carbonyl (C=O) groups is 3. The maximum atomic E-state index is 12.8. The van der Waals surface area contributed by atoms with Crippen molar-refractivity contribution in [2.75, 3.05) is 21.7 Å². The molecule has 2 aromatic rings. The van der Waals surface area contributed by atoms with Gasteiger partial charge in [0, 0.05) is 17.8 Å². The zero-order chi connectivity index (χ0) is 21.0. The van der Waals surface area contributed by atoms with Crippen molar-refractivity contribution in [1.29, 1.82) is 0 Å². The van der Waals surface area contributed by atoms with Gasteiger partial charge >= 0.3 is 5.97 Å². The predicted molar refractivity (Wildman–Crippen MR) is 110 cm³/mol. The number of nitrogens with one attached hydrogen (secondary N) is 1. The molecule has 1 aromatic carbocycles. The van der Waals surface area contributed by atoms with Gasteiger partial charge in [-0.05, 0) is 38.8 Å². The lowest BCUT2D eigenvalue weighted by atomic mass is 10.1. The number of hydrogen-bond acceptors (Lipinski definition) is 7. The van der Waals surface area contributed by atoms with Gasteiger partial charge in [-0.25, -0.2) is 0 Å². The number of benzene rings is 1. The highest BCUT2D eigenvalue weighted by Crippen LogP contribution is 2.32. The molecule has 0 radical (unpaired) electrons. The number of hydrogen-bond donors (Lipinski definition) is 1. The largest absolute Gasteiger partial charge is 0.452 e. The van der Waals surface area contributed by atoms with E-state index in [0.717, 1.165) is 29.4 Å². The number of amides is 2. The van der Waals surface area contributed by atoms with Gasteiger partial charge in [-0.2, -0.15) is 0 Å². The van der Waals surface area contributed by atoms with E-state index in [9.17, 15) is 14.4 Å². The smallest absolute Gasteiger partial charge is 0.316 e. The lowest BCUT2D eigenvalue weighted by Gasteiger charge is -2.25. The molecular weight excluding hydrogens is 394 g/mol. The molecule has 0 saturated heterocycles. The van der Waals surface area contributed by atoms with Gasteiger partial charge in [-0.3, -0.25) is 14.4 Å². The molecule has 2 heterocycles. The number of aromatic nitrogens is 1. The second-order valence-electron chi connectivity index (χ2n) is 6.89. The van der Waals surface area contributed by atoms with Crippen LogP contribution in [0.2, 0.25) is 0 Å². The third kappa shape index (κ3) is 5.17. The van der Waals surface area contributed by atoms with Gasteiger partial charge in [-0.1, -0.05) is 23.4 Å². The third-order valence-electron chi connectivity index (χ3n) is 4.45. The fourth-order valence-corrected chi connectivity index (χ4v) is 3.80. The maximum absolute atomic E-state index is 12.8. The SMILES string of the molecule is Cc1cc(NC(=O)CSCC(=O)O[C@H](C)C(=O)N2c3ccccc3C[C@H]2C)no1. The molecule has 0 unspecified atom stereocenters. The van der Waals surface area contributed by atoms with Gasteiger partial charge in [0.25, 0.3) is 5.91 Å². The first-order chi connectivity index (χ1) is 13.8. The molecule has 29 heavy (non-hydrogen) atoms. The number of nitrogens with zero attached hydrogens (tertiary/aromatic N) is 2. The zero-order valence-corrected chi connectivity index (χ0v) is 17.3. The number of aryl methyl sites for hydroxylation is 1. The number of thioether (sulfide) groups is 1. The van der Waals surface area contributed by atoms with E-state index < -0.39 is 12.1 Å². The molecule has 0 aliphatic carbocycles. The fourth-order valence-electron chi connectivity index (χ4n) is 3.21. The first kappa shape index (κ1) is 20.9. The van der Waals surface area contributed by atoms with Crippen LogP contribution in [0.5, 0.6) is 0 Å². The minimum absolute atomic E-state index is 0.0132. The van der Waals surface area contributed by atoms with Crippen molar-refractivity contribution in [3.63, 3.8) is 0 Å². The van der Waals surface area contributed by atoms with Crippen LogP contribution in [0.1, 0.15) is 25.2 Å². The van der Waals surface area contributed by atoms with Gasteiger partial charge in [0.2, 0.25) is 5.91 Å². The molecular formula is C20H23N3O5S. The highest BCUT2D eigenvalue weighted by molar-refractivity contribution is 8.00. The van der Waals surface area contributed by atoms with E-state index in [-0.39, 0.29) is 29.4 Å². The van der Waals surface area contributed by atoms with E-state index in [1.54, 1.807) is 24.8 Å². The number of carbonyl (C=O) groups excluding carboxylic acids is 3. The highest BCUT2D eigenvalue weighted by Gasteiger charge is 2.34. The van der Waals surface area contributed by atoms with E-state index >= 15 is 0 Å². The van der Waals surface area contributed by atoms with Gasteiger partial charge in [-0.15, -0.1) is 11.8 Å². The number of esters is 1. The second kappa shape index (κ2) is 9.13. The standard InChI is InChI=1S/C20H23N3O5S/c1-12-8-15-6-4-5-7-16(15)23(12)20(26)14(3)27-19(25)11-29-10-18(24)21-17-9-13(2)28-22-17/h4-7,9,12,14H,8,10-11H2,1-3H3,(H,21,22,24)/t12-,14-/m1/s1. The Balaban J connectivity index is 1.44. The quantitative estimate of drug-likeness (QED) is 0.691. The van der Waals surface area contributed by atoms with Crippen LogP contribution in [0, 0.1) is 6.92 Å². The van der Waals surface area contributed by atoms with Crippen LogP contribution in [0.3, 0.4) is 0 Å². The molecule has 8 nitrogen and oxygen atoms in total. The molecule has 0 saturated carbocycles. The molecule has 154 valence electrons. The maximum Gasteiger partial charge on any atom is 0.316 e. The lowest BCUT2D eigenvalue weighted by molar-refractivity contribution is -0.151. The topological polar surface area (TPSA) is 102 Å². The molecule has 0 bridgehead atoms. The van der Waals surface area contributed by atoms with E-state index in [4.69, 9.17) is 9.26 Å². The highest BCUT2D eigenvalue weighted by atomic mass is 32.2. The Morgan fingerprint density at radius 2 is 2.10 bits per heavy atom. The number of fused-ring (bicyclic) bond motifs is 1. The summed E-state index contributed by atoms with van der Waals surface area (Å²) in [7, 11) is 0. The van der Waals surface area contributed by atoms with Crippen molar-refractivity contribution in [2.45, 2.75) is 39.3 Å². The number of anilines is 2. The molecule has 1 aliphatic rings. The Morgan fingerprint density at radius 1 is 1.34 bits per heavy atom. The average molecular weight is 417 g/mol. The molecule has 1 aromatic heterocycles. The lowest BCUT2D eigenvalue weighted by Crippen LogP contribution is -2.43. The first-order valence-electron chi connectivity index (χ1n) is 9.26. The molecule has 2 atom stereocenters. The third-order valence-corrected chi connectivity index (χ3v) is 5.36. The summed E-state index contributed by atoms with van der Waals surface area (Å²) in [4.78, 5) is 38.4. The van der Waals surface area contributed by atoms with Crippen LogP contribution in [0.25, 0.3) is 0 Å². The first-order valence-corrected chi connectivity index (χ1v) is 10.4. The zero-order valence-electron chi connectivity index (χ0n) is 16.5. The molecule has 9 heteroatoms. The minimum atomic E-state index is -0.899. The van der Waals surface area contributed by atoms with Crippen LogP contribution in [0.4, 0.5) is 11.5 Å². The summed E-state index contributed by atoms with van der Waals surface area (Å²) >= 11 is 1.10. The summed E-state index contributed by atoms with van der Waals surface area (Å²) in [5, 5.41) is 6.24. The monoisotopic (exact) mass is 417 g/mol. The number of para-hydroxylation sites is 1. The Morgan fingerprint density at radius 3 is 2.83 bits per heavy atom. The summed E-state index contributed by atoms with van der Waals surface area (Å²) < 4.78 is 10.1. The van der Waals surface area contributed by atoms with Crippen LogP contribution in [0.15, 0.2) is 34.9 Å². The van der Waals surface area contributed by atoms with E-state index in [2.05, 4.69) is 10.5 Å². The van der Waals surface area contributed by atoms with Crippen molar-refractivity contribution < 1.29 is 23.6 Å². The number of rotatable bonds is 7. The van der Waals surface area contributed by atoms with Crippen molar-refractivity contribution in [3.8, 4) is 0 Å². The van der Waals surface area contributed by atoms with Gasteiger partial charge in [0.1, 0.15) is 5.76 Å². The molecule has 1 aliphatic heterocycles. The van der Waals surface area contributed by atoms with Crippen molar-refractivity contribution in [2.24, 2.45) is 0 Å². The Hall–Kier alpha value is -2.81. The van der Waals surface area contributed by atoms with Crippen LogP contribution in [-0.4, -0.2) is 46.6 Å². The van der Waals surface area contributed by atoms with Crippen LogP contribution in [-0.2, 0) is 25.5 Å². The second-order valence-corrected chi connectivity index (χ2v) is 7.87. The van der Waals surface area contributed by atoms with Crippen molar-refractivity contribution >= 4 is 41.1 Å².